The van der Waals surface area contributed by atoms with Crippen molar-refractivity contribution >= 4 is 36.6 Å². The van der Waals surface area contributed by atoms with E-state index in [4.69, 9.17) is 28.2 Å². The molecule has 0 aromatic rings. The van der Waals surface area contributed by atoms with Crippen molar-refractivity contribution in [2.45, 2.75) is 180 Å². The number of carbonyl (C=O) groups excluding carboxylic acids is 5. The quantitative estimate of drug-likeness (QED) is 0.104. The van der Waals surface area contributed by atoms with E-state index in [1.807, 2.05) is 58.1 Å². The topological polar surface area (TPSA) is 201 Å². The first-order valence-corrected chi connectivity index (χ1v) is 27.7. The third-order valence-corrected chi connectivity index (χ3v) is 15.6. The van der Waals surface area contributed by atoms with E-state index in [1.165, 1.54) is 12.0 Å². The van der Waals surface area contributed by atoms with Crippen LogP contribution in [0.25, 0.3) is 0 Å². The molecule has 2 saturated heterocycles. The number of nitrogens with zero attached hydrogens (tertiary/aromatic N) is 1. The second-order valence-electron chi connectivity index (χ2n) is 20.9. The summed E-state index contributed by atoms with van der Waals surface area (Å²) in [6, 6.07) is -1.16. The highest BCUT2D eigenvalue weighted by Gasteiger charge is 2.53. The number of methoxy groups -OCH3 is 3. The molecule has 15 nitrogen and oxygen atoms in total. The van der Waals surface area contributed by atoms with Gasteiger partial charge < -0.3 is 43.3 Å². The minimum atomic E-state index is -2.79. The van der Waals surface area contributed by atoms with E-state index >= 15 is 0 Å². The standard InChI is InChI=1S/C53H84NO14P/c1-32-18-14-13-15-19-33(2)44(63-8)30-40-23-21-38(7)53(61,67-40)50(58)51(59)54-25-17-16-20-41(54)52(60)66-45(35(4)28-39-22-24-43(46(29-39)64-9)68-69(11,12)62)31-42(55)34(3)27-37(6)48(57)49(65-10)47(56)36(5)26-32/h13-15,18-19,27,32,34-36,38-41,43-46,48-49,57,61H,16-17,20-26,28-31H2,1-12H3/b15-13?,18-14+,33-19?,37-27-/t32-,34-,35-,36-,38-,39+,40+,41+,43-,44+,45+,46-,48-,49+,53-/m1/s1. The highest BCUT2D eigenvalue weighted by atomic mass is 31.2. The van der Waals surface area contributed by atoms with Crippen molar-refractivity contribution in [1.82, 2.24) is 4.90 Å². The Morgan fingerprint density at radius 3 is 2.22 bits per heavy atom. The van der Waals surface area contributed by atoms with Gasteiger partial charge in [-0.15, -0.1) is 0 Å². The molecule has 3 aliphatic heterocycles. The van der Waals surface area contributed by atoms with Crippen LogP contribution in [0.15, 0.2) is 47.6 Å². The molecule has 2 N–H and O–H groups in total. The van der Waals surface area contributed by atoms with E-state index in [0.717, 1.165) is 12.0 Å². The van der Waals surface area contributed by atoms with Gasteiger partial charge in [0.15, 0.2) is 13.2 Å². The van der Waals surface area contributed by atoms with E-state index in [2.05, 4.69) is 0 Å². The zero-order valence-electron chi connectivity index (χ0n) is 43.4. The molecule has 69 heavy (non-hydrogen) atoms. The molecule has 2 bridgehead atoms. The summed E-state index contributed by atoms with van der Waals surface area (Å²) in [7, 11) is 1.76. The Hall–Kier alpha value is -3.14. The van der Waals surface area contributed by atoms with Crippen LogP contribution < -0.4 is 0 Å². The molecule has 3 fully saturated rings. The van der Waals surface area contributed by atoms with Crippen LogP contribution in [0.5, 0.6) is 0 Å². The molecular formula is C53H84NO14P. The minimum Gasteiger partial charge on any atom is -0.460 e. The van der Waals surface area contributed by atoms with Crippen molar-refractivity contribution in [2.24, 2.45) is 35.5 Å². The molecular weight excluding hydrogens is 906 g/mol. The van der Waals surface area contributed by atoms with Crippen LogP contribution in [0.3, 0.4) is 0 Å². The average Bonchev–Trinajstić information content (AvgIpc) is 3.30. The third-order valence-electron chi connectivity index (χ3n) is 14.8. The molecule has 4 rings (SSSR count). The SMILES string of the molecule is CO[C@H]1C[C@@H]2CC[C@@H](C)[C@@](O)(O2)C(=O)C(=O)N2CCCC[C@H]2C(=O)O[C@H]([C@H](C)C[C@@H]2CC[C@@H](OP(C)(C)=O)[C@H](OC)C2)CC(=O)[C@H](C)/C=C(/C)[C@@H](O)[C@@H](OC)C(=O)[C@H](C)C[C@H](C)/C=C/C=CC=C1C. The van der Waals surface area contributed by atoms with Crippen molar-refractivity contribution in [1.29, 1.82) is 0 Å². The Morgan fingerprint density at radius 1 is 0.855 bits per heavy atom. The van der Waals surface area contributed by atoms with E-state index in [-0.39, 0.29) is 60.9 Å². The molecule has 0 aromatic heterocycles. The zero-order chi connectivity index (χ0) is 51.4. The van der Waals surface area contributed by atoms with Crippen LogP contribution in [0.1, 0.15) is 126 Å². The van der Waals surface area contributed by atoms with Gasteiger partial charge in [0.05, 0.1) is 24.4 Å². The number of carbonyl (C=O) groups is 5. The molecule has 4 aliphatic rings. The van der Waals surface area contributed by atoms with Gasteiger partial charge in [-0.2, -0.15) is 0 Å². The molecule has 0 unspecified atom stereocenters. The Kier molecular flexibility index (Phi) is 22.5. The summed E-state index contributed by atoms with van der Waals surface area (Å²) in [5.41, 5.74) is 1.25. The van der Waals surface area contributed by atoms with E-state index in [0.29, 0.717) is 63.4 Å². The first-order chi connectivity index (χ1) is 32.4. The summed E-state index contributed by atoms with van der Waals surface area (Å²) >= 11 is 0. The summed E-state index contributed by atoms with van der Waals surface area (Å²) in [6.45, 7) is 15.9. The van der Waals surface area contributed by atoms with Crippen LogP contribution in [0, 0.1) is 35.5 Å². The highest BCUT2D eigenvalue weighted by Crippen LogP contribution is 2.45. The highest BCUT2D eigenvalue weighted by molar-refractivity contribution is 7.57. The normalized spacial score (nSPS) is 37.8. The summed E-state index contributed by atoms with van der Waals surface area (Å²) in [4.78, 5) is 72.2. The van der Waals surface area contributed by atoms with Crippen LogP contribution in [0.2, 0.25) is 0 Å². The van der Waals surface area contributed by atoms with E-state index in [1.54, 1.807) is 54.4 Å². The molecule has 1 saturated carbocycles. The van der Waals surface area contributed by atoms with Crippen LogP contribution in [-0.2, 0) is 56.7 Å². The van der Waals surface area contributed by atoms with Gasteiger partial charge in [-0.1, -0.05) is 71.1 Å². The Morgan fingerprint density at radius 2 is 1.57 bits per heavy atom. The second kappa shape index (κ2) is 26.5. The van der Waals surface area contributed by atoms with Gasteiger partial charge in [-0.25, -0.2) is 4.79 Å². The van der Waals surface area contributed by atoms with E-state index < -0.39 is 85.1 Å². The van der Waals surface area contributed by atoms with Crippen LogP contribution >= 0.6 is 7.37 Å². The molecule has 16 heteroatoms. The number of amides is 1. The van der Waals surface area contributed by atoms with Gasteiger partial charge in [0.25, 0.3) is 11.7 Å². The number of Topliss-reactive ketones (excluding diaryl/α,β-unsaturated/α-hetero) is 3. The molecule has 390 valence electrons. The number of fused-ring (bicyclic) bond motifs is 3. The number of aliphatic hydroxyl groups excluding tert-OH is 1. The van der Waals surface area contributed by atoms with Gasteiger partial charge in [-0.3, -0.25) is 23.7 Å². The average molecular weight is 990 g/mol. The summed E-state index contributed by atoms with van der Waals surface area (Å²) in [5, 5.41) is 23.5. The Bertz CT molecular complexity index is 1940. The smallest absolute Gasteiger partial charge is 0.329 e. The van der Waals surface area contributed by atoms with Gasteiger partial charge in [0.1, 0.15) is 30.1 Å². The number of hydrogen-bond donors (Lipinski definition) is 2. The lowest BCUT2D eigenvalue weighted by Gasteiger charge is -2.42. The second-order valence-corrected chi connectivity index (χ2v) is 23.6. The van der Waals surface area contributed by atoms with Crippen LogP contribution in [-0.4, -0.2) is 140 Å². The maximum atomic E-state index is 14.5. The number of cyclic esters (lactones) is 1. The summed E-state index contributed by atoms with van der Waals surface area (Å²) in [5.74, 6) is -8.11. The van der Waals surface area contributed by atoms with Crippen molar-refractivity contribution in [3.05, 3.63) is 47.6 Å². The molecule has 3 heterocycles. The van der Waals surface area contributed by atoms with Gasteiger partial charge in [0.2, 0.25) is 5.79 Å². The largest absolute Gasteiger partial charge is 0.460 e. The van der Waals surface area contributed by atoms with Crippen molar-refractivity contribution in [2.75, 3.05) is 41.2 Å². The lowest BCUT2D eigenvalue weighted by molar-refractivity contribution is -0.265. The monoisotopic (exact) mass is 990 g/mol. The molecule has 0 spiro atoms. The minimum absolute atomic E-state index is 0.0117. The first-order valence-electron chi connectivity index (χ1n) is 25.2. The summed E-state index contributed by atoms with van der Waals surface area (Å²) in [6.07, 6.45) is 11.4. The van der Waals surface area contributed by atoms with Crippen molar-refractivity contribution in [3.63, 3.8) is 0 Å². The molecule has 1 amide bonds. The van der Waals surface area contributed by atoms with Crippen molar-refractivity contribution in [3.8, 4) is 0 Å². The molecule has 0 aromatic carbocycles. The predicted molar refractivity (Wildman–Crippen MR) is 263 cm³/mol. The Labute approximate surface area is 411 Å². The molecule has 1 aliphatic carbocycles. The number of piperidine rings is 1. The number of esters is 1. The molecule has 15 atom stereocenters. The number of ketones is 3. The van der Waals surface area contributed by atoms with Gasteiger partial charge in [0, 0.05) is 71.8 Å². The van der Waals surface area contributed by atoms with Crippen LogP contribution in [0.4, 0.5) is 0 Å². The fourth-order valence-electron chi connectivity index (χ4n) is 10.5. The fourth-order valence-corrected chi connectivity index (χ4v) is 11.4. The maximum Gasteiger partial charge on any atom is 0.329 e. The molecule has 0 radical (unpaired) electrons. The van der Waals surface area contributed by atoms with Gasteiger partial charge in [-0.05, 0) is 107 Å². The lowest BCUT2D eigenvalue weighted by atomic mass is 9.78. The fraction of sp³-hybridized carbons (Fsp3) is 0.755. The van der Waals surface area contributed by atoms with E-state index in [9.17, 15) is 38.8 Å². The summed E-state index contributed by atoms with van der Waals surface area (Å²) < 4.78 is 48.2. The van der Waals surface area contributed by atoms with Gasteiger partial charge >= 0.3 is 5.97 Å². The number of aliphatic hydroxyl groups is 2. The number of rotatable bonds is 8. The Balaban J connectivity index is 1.70. The first kappa shape index (κ1) is 58.4. The maximum absolute atomic E-state index is 14.5. The van der Waals surface area contributed by atoms with Crippen molar-refractivity contribution < 1.29 is 67.0 Å². The third kappa shape index (κ3) is 16.2. The zero-order valence-corrected chi connectivity index (χ0v) is 44.3. The number of ether oxygens (including phenoxy) is 5. The number of allylic oxidation sites excluding steroid dienone is 6. The predicted octanol–water partition coefficient (Wildman–Crippen LogP) is 7.74. The number of hydrogen-bond acceptors (Lipinski definition) is 14. The lowest BCUT2D eigenvalue weighted by Crippen LogP contribution is -2.61.